The zero-order valence-corrected chi connectivity index (χ0v) is 16.3. The summed E-state index contributed by atoms with van der Waals surface area (Å²) in [5.41, 5.74) is 1.25. The van der Waals surface area contributed by atoms with Gasteiger partial charge in [-0.2, -0.15) is 0 Å². The molecule has 1 rings (SSSR count). The van der Waals surface area contributed by atoms with E-state index < -0.39 is 0 Å². The van der Waals surface area contributed by atoms with Crippen molar-refractivity contribution < 1.29 is 9.47 Å². The van der Waals surface area contributed by atoms with E-state index in [9.17, 15) is 0 Å². The van der Waals surface area contributed by atoms with Crippen LogP contribution in [0.1, 0.15) is 71.8 Å². The Morgan fingerprint density at radius 3 is 2.67 bits per heavy atom. The maximum atomic E-state index is 5.77. The summed E-state index contributed by atoms with van der Waals surface area (Å²) in [5.74, 6) is 1.55. The Hall–Kier alpha value is -1.28. The molecule has 0 radical (unpaired) electrons. The van der Waals surface area contributed by atoms with E-state index in [0.29, 0.717) is 5.92 Å². The number of unbranched alkanes of at least 4 members (excludes halogenated alkanes) is 1. The second kappa shape index (κ2) is 11.3. The van der Waals surface area contributed by atoms with Crippen molar-refractivity contribution in [1.82, 2.24) is 0 Å². The van der Waals surface area contributed by atoms with Crippen LogP contribution in [0.4, 0.5) is 0 Å². The molecule has 0 fully saturated rings. The molecule has 0 aliphatic heterocycles. The summed E-state index contributed by atoms with van der Waals surface area (Å²) in [6.07, 6.45) is 11.4. The predicted octanol–water partition coefficient (Wildman–Crippen LogP) is 6.50. The molecule has 2 nitrogen and oxygen atoms in total. The topological polar surface area (TPSA) is 18.5 Å². The number of hydrogen-bond donors (Lipinski definition) is 0. The third kappa shape index (κ3) is 8.01. The molecule has 1 aromatic carbocycles. The lowest BCUT2D eigenvalue weighted by Crippen LogP contribution is -2.25. The Morgan fingerprint density at radius 1 is 1.21 bits per heavy atom. The highest BCUT2D eigenvalue weighted by atomic mass is 16.5. The second-order valence-corrected chi connectivity index (χ2v) is 7.01. The first-order chi connectivity index (χ1) is 11.5. The number of methoxy groups -OCH3 is 1. The van der Waals surface area contributed by atoms with Gasteiger partial charge in [-0.25, -0.2) is 0 Å². The molecule has 2 atom stereocenters. The van der Waals surface area contributed by atoms with Crippen molar-refractivity contribution in [3.63, 3.8) is 0 Å². The van der Waals surface area contributed by atoms with Gasteiger partial charge in [0, 0.05) is 7.11 Å². The maximum absolute atomic E-state index is 5.77. The van der Waals surface area contributed by atoms with Crippen LogP contribution in [0.3, 0.4) is 0 Å². The van der Waals surface area contributed by atoms with Crippen molar-refractivity contribution >= 4 is 6.08 Å². The Kier molecular flexibility index (Phi) is 9.78. The van der Waals surface area contributed by atoms with E-state index in [1.807, 2.05) is 13.2 Å². The lowest BCUT2D eigenvalue weighted by atomic mass is 9.93. The summed E-state index contributed by atoms with van der Waals surface area (Å²) >= 11 is 0. The van der Waals surface area contributed by atoms with E-state index in [1.165, 1.54) is 18.4 Å². The molecular weight excluding hydrogens is 296 g/mol. The van der Waals surface area contributed by atoms with Crippen LogP contribution in [0.25, 0.3) is 6.08 Å². The molecule has 24 heavy (non-hydrogen) atoms. The Balaban J connectivity index is 2.43. The molecule has 1 aromatic rings. The number of benzene rings is 1. The van der Waals surface area contributed by atoms with E-state index >= 15 is 0 Å². The predicted molar refractivity (Wildman–Crippen MR) is 105 cm³/mol. The molecule has 136 valence electrons. The zero-order valence-electron chi connectivity index (χ0n) is 16.3. The minimum absolute atomic E-state index is 0.0353. The molecule has 0 aliphatic rings. The first-order valence-corrected chi connectivity index (χ1v) is 9.49. The van der Waals surface area contributed by atoms with Gasteiger partial charge in [0.05, 0.1) is 12.2 Å². The fraction of sp³-hybridized carbons (Fsp3) is 0.636. The molecule has 0 saturated carbocycles. The molecule has 0 saturated heterocycles. The number of ether oxygens (including phenoxy) is 2. The van der Waals surface area contributed by atoms with Gasteiger partial charge < -0.3 is 9.47 Å². The van der Waals surface area contributed by atoms with Gasteiger partial charge in [-0.1, -0.05) is 57.9 Å². The Labute approximate surface area is 149 Å². The van der Waals surface area contributed by atoms with E-state index in [0.717, 1.165) is 38.0 Å². The van der Waals surface area contributed by atoms with E-state index in [2.05, 4.69) is 58.0 Å². The van der Waals surface area contributed by atoms with E-state index in [-0.39, 0.29) is 5.60 Å². The number of rotatable bonds is 12. The van der Waals surface area contributed by atoms with Crippen LogP contribution in [-0.2, 0) is 4.74 Å². The van der Waals surface area contributed by atoms with Crippen LogP contribution in [0.2, 0.25) is 0 Å². The summed E-state index contributed by atoms with van der Waals surface area (Å²) in [7, 11) is 1.82. The van der Waals surface area contributed by atoms with Gasteiger partial charge in [0.1, 0.15) is 5.75 Å². The first-order valence-electron chi connectivity index (χ1n) is 9.49. The quantitative estimate of drug-likeness (QED) is 0.407. The molecule has 0 spiro atoms. The molecule has 2 unspecified atom stereocenters. The van der Waals surface area contributed by atoms with Gasteiger partial charge in [0.2, 0.25) is 0 Å². The van der Waals surface area contributed by atoms with Gasteiger partial charge in [0.15, 0.2) is 0 Å². The maximum Gasteiger partial charge on any atom is 0.119 e. The lowest BCUT2D eigenvalue weighted by molar-refractivity contribution is -0.00649. The summed E-state index contributed by atoms with van der Waals surface area (Å²) in [5, 5.41) is 0. The zero-order chi connectivity index (χ0) is 17.8. The fourth-order valence-electron chi connectivity index (χ4n) is 2.64. The molecule has 0 amide bonds. The van der Waals surface area contributed by atoms with Crippen LogP contribution >= 0.6 is 0 Å². The van der Waals surface area contributed by atoms with Gasteiger partial charge in [-0.15, -0.1) is 0 Å². The number of hydrogen-bond acceptors (Lipinski definition) is 2. The van der Waals surface area contributed by atoms with Crippen molar-refractivity contribution in [3.05, 3.63) is 35.9 Å². The third-order valence-corrected chi connectivity index (χ3v) is 4.85. The van der Waals surface area contributed by atoms with Crippen LogP contribution in [-0.4, -0.2) is 19.3 Å². The monoisotopic (exact) mass is 332 g/mol. The van der Waals surface area contributed by atoms with Crippen molar-refractivity contribution in [3.8, 4) is 5.75 Å². The van der Waals surface area contributed by atoms with Crippen LogP contribution in [0.5, 0.6) is 5.75 Å². The molecule has 0 N–H and O–H groups in total. The average molecular weight is 333 g/mol. The fourth-order valence-corrected chi connectivity index (χ4v) is 2.64. The minimum atomic E-state index is 0.0353. The summed E-state index contributed by atoms with van der Waals surface area (Å²) in [6, 6.07) is 8.36. The Morgan fingerprint density at radius 2 is 2.00 bits per heavy atom. The summed E-state index contributed by atoms with van der Waals surface area (Å²) in [6.45, 7) is 9.67. The van der Waals surface area contributed by atoms with Gasteiger partial charge in [0.25, 0.3) is 0 Å². The minimum Gasteiger partial charge on any atom is -0.494 e. The van der Waals surface area contributed by atoms with Gasteiger partial charge >= 0.3 is 0 Å². The summed E-state index contributed by atoms with van der Waals surface area (Å²) in [4.78, 5) is 0. The van der Waals surface area contributed by atoms with Gasteiger partial charge in [-0.3, -0.25) is 0 Å². The SMILES string of the molecule is CCCCOc1cccc(C=CC(C)CCCC(C)(CC)OC)c1. The summed E-state index contributed by atoms with van der Waals surface area (Å²) < 4.78 is 11.4. The number of allylic oxidation sites excluding steroid dienone is 1. The van der Waals surface area contributed by atoms with Crippen molar-refractivity contribution in [2.24, 2.45) is 5.92 Å². The molecular formula is C22H36O2. The van der Waals surface area contributed by atoms with E-state index in [1.54, 1.807) is 0 Å². The van der Waals surface area contributed by atoms with Crippen molar-refractivity contribution in [1.29, 1.82) is 0 Å². The second-order valence-electron chi connectivity index (χ2n) is 7.01. The highest BCUT2D eigenvalue weighted by molar-refractivity contribution is 5.51. The standard InChI is InChI=1S/C22H36O2/c1-6-8-17-24-21-13-9-12-20(18-21)15-14-19(3)11-10-16-22(4,7-2)23-5/h9,12-15,18-19H,6-8,10-11,16-17H2,1-5H3. The molecule has 2 heteroatoms. The smallest absolute Gasteiger partial charge is 0.119 e. The molecule has 0 aromatic heterocycles. The highest BCUT2D eigenvalue weighted by Gasteiger charge is 2.20. The normalized spacial score (nSPS) is 15.4. The van der Waals surface area contributed by atoms with Crippen LogP contribution < -0.4 is 4.74 Å². The van der Waals surface area contributed by atoms with Crippen molar-refractivity contribution in [2.75, 3.05) is 13.7 Å². The third-order valence-electron chi connectivity index (χ3n) is 4.85. The lowest BCUT2D eigenvalue weighted by Gasteiger charge is -2.26. The van der Waals surface area contributed by atoms with E-state index in [4.69, 9.17) is 9.47 Å². The van der Waals surface area contributed by atoms with Gasteiger partial charge in [-0.05, 0) is 56.2 Å². The van der Waals surface area contributed by atoms with Crippen molar-refractivity contribution in [2.45, 2.75) is 71.8 Å². The first kappa shape index (κ1) is 20.8. The highest BCUT2D eigenvalue weighted by Crippen LogP contribution is 2.24. The Bertz CT molecular complexity index is 475. The molecule has 0 heterocycles. The largest absolute Gasteiger partial charge is 0.494 e. The average Bonchev–Trinajstić information content (AvgIpc) is 2.60. The van der Waals surface area contributed by atoms with Crippen LogP contribution in [0.15, 0.2) is 30.3 Å². The van der Waals surface area contributed by atoms with Crippen LogP contribution in [0, 0.1) is 5.92 Å². The molecule has 0 aliphatic carbocycles. The molecule has 0 bridgehead atoms.